The van der Waals surface area contributed by atoms with Crippen LogP contribution in [0.1, 0.15) is 49.1 Å². The van der Waals surface area contributed by atoms with E-state index < -0.39 is 0 Å². The van der Waals surface area contributed by atoms with Gasteiger partial charge in [0.15, 0.2) is 5.82 Å². The van der Waals surface area contributed by atoms with E-state index in [1.165, 1.54) is 0 Å². The minimum Gasteiger partial charge on any atom is -0.465 e. The van der Waals surface area contributed by atoms with Crippen LogP contribution in [-0.4, -0.2) is 28.2 Å². The minimum absolute atomic E-state index is 0.0194. The second-order valence-corrected chi connectivity index (χ2v) is 5.37. The third-order valence-corrected chi connectivity index (χ3v) is 3.68. The number of ether oxygens (including phenoxy) is 1. The van der Waals surface area contributed by atoms with E-state index in [1.807, 2.05) is 19.1 Å². The summed E-state index contributed by atoms with van der Waals surface area (Å²) < 4.78 is 16.5. The molecule has 0 aliphatic carbocycles. The van der Waals surface area contributed by atoms with Crippen molar-refractivity contribution in [3.63, 3.8) is 0 Å². The van der Waals surface area contributed by atoms with Gasteiger partial charge < -0.3 is 13.7 Å². The summed E-state index contributed by atoms with van der Waals surface area (Å²) in [6, 6.07) is 3.99. The fourth-order valence-corrected chi connectivity index (χ4v) is 2.50. The number of hydrogen-bond acceptors (Lipinski definition) is 6. The van der Waals surface area contributed by atoms with Gasteiger partial charge in [0.25, 0.3) is 5.89 Å². The normalized spacial score (nSPS) is 18.7. The molecule has 3 rings (SSSR count). The first-order valence-electron chi connectivity index (χ1n) is 7.46. The highest BCUT2D eigenvalue weighted by atomic mass is 16.5. The van der Waals surface area contributed by atoms with Crippen LogP contribution in [0.2, 0.25) is 0 Å². The summed E-state index contributed by atoms with van der Waals surface area (Å²) in [4.78, 5) is 6.66. The van der Waals surface area contributed by atoms with Crippen molar-refractivity contribution in [1.29, 1.82) is 0 Å². The van der Waals surface area contributed by atoms with E-state index in [9.17, 15) is 0 Å². The van der Waals surface area contributed by atoms with Crippen LogP contribution in [0.25, 0.3) is 0 Å². The number of rotatable bonds is 6. The van der Waals surface area contributed by atoms with Crippen LogP contribution in [0.4, 0.5) is 0 Å². The molecule has 0 amide bonds. The lowest BCUT2D eigenvalue weighted by atomic mass is 10.2. The highest BCUT2D eigenvalue weighted by Crippen LogP contribution is 2.27. The Hall–Kier alpha value is -1.66. The zero-order chi connectivity index (χ0) is 14.7. The van der Waals surface area contributed by atoms with Crippen molar-refractivity contribution in [2.75, 3.05) is 13.2 Å². The Morgan fingerprint density at radius 2 is 2.24 bits per heavy atom. The molecule has 1 atom stereocenters. The molecule has 3 heterocycles. The van der Waals surface area contributed by atoms with Crippen LogP contribution >= 0.6 is 0 Å². The number of aromatic nitrogens is 2. The molecule has 0 spiro atoms. The number of furan rings is 1. The summed E-state index contributed by atoms with van der Waals surface area (Å²) in [5.74, 6) is 3.19. The Labute approximate surface area is 124 Å². The van der Waals surface area contributed by atoms with Gasteiger partial charge in [-0.05, 0) is 38.4 Å². The molecule has 0 bridgehead atoms. The summed E-state index contributed by atoms with van der Waals surface area (Å²) >= 11 is 0. The molecule has 0 radical (unpaired) electrons. The molecule has 114 valence electrons. The van der Waals surface area contributed by atoms with Gasteiger partial charge in [-0.3, -0.25) is 4.90 Å². The molecule has 1 aliphatic rings. The molecule has 1 aliphatic heterocycles. The van der Waals surface area contributed by atoms with Gasteiger partial charge in [-0.15, -0.1) is 0 Å². The maximum absolute atomic E-state index is 5.61. The Morgan fingerprint density at radius 1 is 1.33 bits per heavy atom. The Balaban J connectivity index is 1.61. The van der Waals surface area contributed by atoms with E-state index in [1.54, 1.807) is 0 Å². The zero-order valence-electron chi connectivity index (χ0n) is 12.5. The fraction of sp³-hybridized carbons (Fsp3) is 0.600. The first-order valence-corrected chi connectivity index (χ1v) is 7.46. The van der Waals surface area contributed by atoms with Crippen molar-refractivity contribution >= 4 is 0 Å². The second-order valence-electron chi connectivity index (χ2n) is 5.37. The molecule has 2 aromatic rings. The number of nitrogens with zero attached hydrogens (tertiary/aromatic N) is 3. The monoisotopic (exact) mass is 291 g/mol. The standard InChI is InChI=1S/C15H21N3O3/c1-3-18(9-12-7-6-11(2)20-12)10-14-16-15(21-17-14)13-5-4-8-19-13/h6-7,13H,3-5,8-10H2,1-2H3/t13-/m1/s1. The topological polar surface area (TPSA) is 64.5 Å². The Morgan fingerprint density at radius 3 is 2.90 bits per heavy atom. The van der Waals surface area contributed by atoms with Gasteiger partial charge in [-0.25, -0.2) is 0 Å². The highest BCUT2D eigenvalue weighted by molar-refractivity contribution is 5.05. The van der Waals surface area contributed by atoms with Gasteiger partial charge in [0.05, 0.1) is 13.1 Å². The van der Waals surface area contributed by atoms with Gasteiger partial charge in [0, 0.05) is 6.61 Å². The molecule has 2 aromatic heterocycles. The van der Waals surface area contributed by atoms with Crippen molar-refractivity contribution in [3.8, 4) is 0 Å². The van der Waals surface area contributed by atoms with E-state index in [-0.39, 0.29) is 6.10 Å². The average molecular weight is 291 g/mol. The molecule has 21 heavy (non-hydrogen) atoms. The largest absolute Gasteiger partial charge is 0.465 e. The lowest BCUT2D eigenvalue weighted by molar-refractivity contribution is 0.0835. The summed E-state index contributed by atoms with van der Waals surface area (Å²) in [7, 11) is 0. The van der Waals surface area contributed by atoms with Crippen LogP contribution in [0.3, 0.4) is 0 Å². The molecule has 6 nitrogen and oxygen atoms in total. The number of hydrogen-bond donors (Lipinski definition) is 0. The highest BCUT2D eigenvalue weighted by Gasteiger charge is 2.24. The van der Waals surface area contributed by atoms with Crippen LogP contribution < -0.4 is 0 Å². The molecule has 0 saturated carbocycles. The number of aryl methyl sites for hydroxylation is 1. The molecule has 0 unspecified atom stereocenters. The van der Waals surface area contributed by atoms with Gasteiger partial charge in [0.2, 0.25) is 0 Å². The quantitative estimate of drug-likeness (QED) is 0.815. The molecular formula is C15H21N3O3. The van der Waals surface area contributed by atoms with Crippen molar-refractivity contribution in [1.82, 2.24) is 15.0 Å². The molecule has 0 N–H and O–H groups in total. The van der Waals surface area contributed by atoms with E-state index in [2.05, 4.69) is 22.0 Å². The lowest BCUT2D eigenvalue weighted by Crippen LogP contribution is -2.22. The Bertz CT molecular complexity index is 572. The van der Waals surface area contributed by atoms with Crippen molar-refractivity contribution in [2.45, 2.75) is 45.9 Å². The fourth-order valence-electron chi connectivity index (χ4n) is 2.50. The lowest BCUT2D eigenvalue weighted by Gasteiger charge is -2.16. The Kier molecular flexibility index (Phi) is 4.36. The molecule has 1 fully saturated rings. The van der Waals surface area contributed by atoms with Crippen LogP contribution in [0, 0.1) is 6.92 Å². The van der Waals surface area contributed by atoms with Crippen molar-refractivity contribution in [3.05, 3.63) is 35.4 Å². The molecule has 1 saturated heterocycles. The third-order valence-electron chi connectivity index (χ3n) is 3.68. The van der Waals surface area contributed by atoms with Crippen LogP contribution in [0.5, 0.6) is 0 Å². The molecular weight excluding hydrogens is 270 g/mol. The average Bonchev–Trinajstić information content (AvgIpc) is 3.19. The summed E-state index contributed by atoms with van der Waals surface area (Å²) in [6.07, 6.45) is 2.00. The van der Waals surface area contributed by atoms with Gasteiger partial charge >= 0.3 is 0 Å². The second kappa shape index (κ2) is 6.41. The molecule has 6 heteroatoms. The van der Waals surface area contributed by atoms with Crippen LogP contribution in [-0.2, 0) is 17.8 Å². The summed E-state index contributed by atoms with van der Waals surface area (Å²) in [6.45, 7) is 7.12. The SMILES string of the molecule is CCN(Cc1noc([C@H]2CCCO2)n1)Cc1ccc(C)o1. The predicted octanol–water partition coefficient (Wildman–Crippen LogP) is 2.84. The summed E-state index contributed by atoms with van der Waals surface area (Å²) in [5.41, 5.74) is 0. The molecule has 0 aromatic carbocycles. The maximum Gasteiger partial charge on any atom is 0.255 e. The first-order chi connectivity index (χ1) is 10.2. The summed E-state index contributed by atoms with van der Waals surface area (Å²) in [5, 5.41) is 4.06. The minimum atomic E-state index is -0.0194. The van der Waals surface area contributed by atoms with E-state index in [4.69, 9.17) is 13.7 Å². The van der Waals surface area contributed by atoms with E-state index >= 15 is 0 Å². The zero-order valence-corrected chi connectivity index (χ0v) is 12.5. The maximum atomic E-state index is 5.61. The van der Waals surface area contributed by atoms with Crippen LogP contribution in [0.15, 0.2) is 21.1 Å². The van der Waals surface area contributed by atoms with E-state index in [0.29, 0.717) is 18.3 Å². The van der Waals surface area contributed by atoms with Gasteiger partial charge in [-0.2, -0.15) is 4.98 Å². The van der Waals surface area contributed by atoms with Crippen molar-refractivity contribution in [2.24, 2.45) is 0 Å². The predicted molar refractivity (Wildman–Crippen MR) is 75.5 cm³/mol. The first kappa shape index (κ1) is 14.3. The van der Waals surface area contributed by atoms with Gasteiger partial charge in [0.1, 0.15) is 17.6 Å². The third kappa shape index (κ3) is 3.51. The smallest absolute Gasteiger partial charge is 0.255 e. The van der Waals surface area contributed by atoms with Crippen molar-refractivity contribution < 1.29 is 13.7 Å². The van der Waals surface area contributed by atoms with Gasteiger partial charge in [-0.1, -0.05) is 12.1 Å². The van der Waals surface area contributed by atoms with E-state index in [0.717, 1.165) is 44.1 Å².